The van der Waals surface area contributed by atoms with E-state index < -0.39 is 0 Å². The Labute approximate surface area is 91.3 Å². The Morgan fingerprint density at radius 1 is 1.27 bits per heavy atom. The van der Waals surface area contributed by atoms with E-state index in [0.717, 1.165) is 17.4 Å². The molecule has 3 heteroatoms. The number of aryl methyl sites for hydroxylation is 1. The largest absolute Gasteiger partial charge is 0.366 e. The van der Waals surface area contributed by atoms with Crippen LogP contribution in [0.1, 0.15) is 38.3 Å². The number of aromatic nitrogens is 2. The summed E-state index contributed by atoms with van der Waals surface area (Å²) in [5, 5.41) is 3.48. The molecule has 3 nitrogen and oxygen atoms in total. The molecule has 1 aliphatic rings. The van der Waals surface area contributed by atoms with Crippen LogP contribution in [0.2, 0.25) is 0 Å². The van der Waals surface area contributed by atoms with Crippen molar-refractivity contribution in [3.63, 3.8) is 0 Å². The zero-order chi connectivity index (χ0) is 10.7. The summed E-state index contributed by atoms with van der Waals surface area (Å²) in [6, 6.07) is 0.517. The van der Waals surface area contributed by atoms with Gasteiger partial charge in [-0.25, -0.2) is 4.98 Å². The van der Waals surface area contributed by atoms with Crippen molar-refractivity contribution < 1.29 is 0 Å². The molecule has 1 saturated carbocycles. The smallest absolute Gasteiger partial charge is 0.147 e. The van der Waals surface area contributed by atoms with Crippen LogP contribution in [-0.2, 0) is 0 Å². The number of anilines is 1. The van der Waals surface area contributed by atoms with Crippen molar-refractivity contribution in [1.29, 1.82) is 0 Å². The lowest BCUT2D eigenvalue weighted by atomic mass is 10.00. The Hall–Kier alpha value is -1.12. The second-order valence-corrected chi connectivity index (χ2v) is 4.47. The molecule has 82 valence electrons. The van der Waals surface area contributed by atoms with Crippen LogP contribution in [-0.4, -0.2) is 16.0 Å². The molecule has 1 fully saturated rings. The predicted molar refractivity (Wildman–Crippen MR) is 61.8 cm³/mol. The number of hydrogen-bond donors (Lipinski definition) is 1. The van der Waals surface area contributed by atoms with Gasteiger partial charge in [0.05, 0.1) is 5.69 Å². The molecular formula is C12H19N3. The number of rotatable bonds is 3. The zero-order valence-electron chi connectivity index (χ0n) is 9.53. The molecular weight excluding hydrogens is 186 g/mol. The Morgan fingerprint density at radius 3 is 2.60 bits per heavy atom. The topological polar surface area (TPSA) is 37.8 Å². The van der Waals surface area contributed by atoms with Crippen molar-refractivity contribution in [3.8, 4) is 0 Å². The van der Waals surface area contributed by atoms with Crippen LogP contribution >= 0.6 is 0 Å². The van der Waals surface area contributed by atoms with E-state index in [1.54, 1.807) is 12.4 Å². The maximum Gasteiger partial charge on any atom is 0.147 e. The maximum absolute atomic E-state index is 4.32. The highest BCUT2D eigenvalue weighted by Gasteiger charge is 2.21. The molecule has 0 aromatic carbocycles. The first-order valence-electron chi connectivity index (χ1n) is 5.81. The molecule has 0 spiro atoms. The second-order valence-electron chi connectivity index (χ2n) is 4.47. The molecule has 0 saturated heterocycles. The molecule has 15 heavy (non-hydrogen) atoms. The van der Waals surface area contributed by atoms with E-state index >= 15 is 0 Å². The van der Waals surface area contributed by atoms with E-state index in [9.17, 15) is 0 Å². The molecule has 1 atom stereocenters. The van der Waals surface area contributed by atoms with Gasteiger partial charge in [0.1, 0.15) is 5.82 Å². The average Bonchev–Trinajstić information content (AvgIpc) is 2.74. The summed E-state index contributed by atoms with van der Waals surface area (Å²) in [5.41, 5.74) is 0.988. The molecule has 1 aliphatic carbocycles. The van der Waals surface area contributed by atoms with Gasteiger partial charge in [-0.3, -0.25) is 4.98 Å². The average molecular weight is 205 g/mol. The van der Waals surface area contributed by atoms with Gasteiger partial charge in [-0.05, 0) is 32.6 Å². The quantitative estimate of drug-likeness (QED) is 0.824. The van der Waals surface area contributed by atoms with Gasteiger partial charge in [0.2, 0.25) is 0 Å². The van der Waals surface area contributed by atoms with E-state index in [2.05, 4.69) is 22.2 Å². The summed E-state index contributed by atoms with van der Waals surface area (Å²) in [5.74, 6) is 1.75. The molecule has 1 unspecified atom stereocenters. The first-order valence-corrected chi connectivity index (χ1v) is 5.81. The monoisotopic (exact) mass is 205 g/mol. The van der Waals surface area contributed by atoms with Crippen LogP contribution in [0.4, 0.5) is 5.82 Å². The summed E-state index contributed by atoms with van der Waals surface area (Å²) in [6.07, 6.45) is 8.96. The lowest BCUT2D eigenvalue weighted by Gasteiger charge is -2.21. The van der Waals surface area contributed by atoms with Gasteiger partial charge < -0.3 is 5.32 Å². The van der Waals surface area contributed by atoms with Crippen molar-refractivity contribution >= 4 is 5.82 Å². The van der Waals surface area contributed by atoms with Gasteiger partial charge in [-0.15, -0.1) is 0 Å². The van der Waals surface area contributed by atoms with E-state index in [1.807, 2.05) is 6.92 Å². The molecule has 0 radical (unpaired) electrons. The fraction of sp³-hybridized carbons (Fsp3) is 0.667. The van der Waals surface area contributed by atoms with E-state index in [0.29, 0.717) is 6.04 Å². The zero-order valence-corrected chi connectivity index (χ0v) is 9.53. The normalized spacial score (nSPS) is 19.1. The Kier molecular flexibility index (Phi) is 3.19. The van der Waals surface area contributed by atoms with Gasteiger partial charge in [0.15, 0.2) is 0 Å². The third-order valence-electron chi connectivity index (χ3n) is 3.35. The molecule has 1 heterocycles. The fourth-order valence-electron chi connectivity index (χ4n) is 2.34. The van der Waals surface area contributed by atoms with E-state index in [4.69, 9.17) is 0 Å². The van der Waals surface area contributed by atoms with Crippen molar-refractivity contribution in [2.75, 3.05) is 5.32 Å². The highest BCUT2D eigenvalue weighted by molar-refractivity contribution is 5.39. The lowest BCUT2D eigenvalue weighted by Crippen LogP contribution is -2.24. The number of nitrogens with one attached hydrogen (secondary N) is 1. The van der Waals surface area contributed by atoms with Gasteiger partial charge in [0, 0.05) is 18.4 Å². The molecule has 1 aromatic heterocycles. The molecule has 1 N–H and O–H groups in total. The van der Waals surface area contributed by atoms with Crippen LogP contribution < -0.4 is 5.32 Å². The third kappa shape index (κ3) is 2.46. The SMILES string of the molecule is Cc1nccnc1NC(C)C1CCCC1. The lowest BCUT2D eigenvalue weighted by molar-refractivity contribution is 0.480. The highest BCUT2D eigenvalue weighted by atomic mass is 15.0. The van der Waals surface area contributed by atoms with Gasteiger partial charge in [-0.2, -0.15) is 0 Å². The minimum atomic E-state index is 0.517. The van der Waals surface area contributed by atoms with Crippen molar-refractivity contribution in [2.24, 2.45) is 5.92 Å². The van der Waals surface area contributed by atoms with Gasteiger partial charge in [-0.1, -0.05) is 12.8 Å². The second kappa shape index (κ2) is 4.60. The van der Waals surface area contributed by atoms with Crippen molar-refractivity contribution in [2.45, 2.75) is 45.6 Å². The van der Waals surface area contributed by atoms with Crippen LogP contribution in [0, 0.1) is 12.8 Å². The Bertz CT molecular complexity index is 318. The summed E-state index contributed by atoms with van der Waals surface area (Å²) >= 11 is 0. The van der Waals surface area contributed by atoms with Gasteiger partial charge >= 0.3 is 0 Å². The molecule has 0 amide bonds. The predicted octanol–water partition coefficient (Wildman–Crippen LogP) is 2.78. The van der Waals surface area contributed by atoms with Crippen LogP contribution in [0.15, 0.2) is 12.4 Å². The maximum atomic E-state index is 4.32. The van der Waals surface area contributed by atoms with Crippen molar-refractivity contribution in [3.05, 3.63) is 18.1 Å². The van der Waals surface area contributed by atoms with E-state index in [1.165, 1.54) is 25.7 Å². The molecule has 1 aromatic rings. The Balaban J connectivity index is 1.99. The van der Waals surface area contributed by atoms with Crippen molar-refractivity contribution in [1.82, 2.24) is 9.97 Å². The summed E-state index contributed by atoms with van der Waals surface area (Å²) < 4.78 is 0. The van der Waals surface area contributed by atoms with Gasteiger partial charge in [0.25, 0.3) is 0 Å². The fourth-order valence-corrected chi connectivity index (χ4v) is 2.34. The first-order chi connectivity index (χ1) is 7.27. The number of nitrogens with zero attached hydrogens (tertiary/aromatic N) is 2. The van der Waals surface area contributed by atoms with Crippen LogP contribution in [0.3, 0.4) is 0 Å². The number of hydrogen-bond acceptors (Lipinski definition) is 3. The third-order valence-corrected chi connectivity index (χ3v) is 3.35. The molecule has 2 rings (SSSR count). The molecule has 0 bridgehead atoms. The minimum Gasteiger partial charge on any atom is -0.366 e. The first kappa shape index (κ1) is 10.4. The van der Waals surface area contributed by atoms with Crippen LogP contribution in [0.25, 0.3) is 0 Å². The summed E-state index contributed by atoms with van der Waals surface area (Å²) in [4.78, 5) is 8.55. The Morgan fingerprint density at radius 2 is 1.93 bits per heavy atom. The van der Waals surface area contributed by atoms with E-state index in [-0.39, 0.29) is 0 Å². The highest BCUT2D eigenvalue weighted by Crippen LogP contribution is 2.29. The summed E-state index contributed by atoms with van der Waals surface area (Å²) in [7, 11) is 0. The standard InChI is InChI=1S/C12H19N3/c1-9(11-5-3-4-6-11)15-12-10(2)13-7-8-14-12/h7-9,11H,3-6H2,1-2H3,(H,14,15). The summed E-state index contributed by atoms with van der Waals surface area (Å²) in [6.45, 7) is 4.25. The minimum absolute atomic E-state index is 0.517. The molecule has 0 aliphatic heterocycles. The van der Waals surface area contributed by atoms with Crippen LogP contribution in [0.5, 0.6) is 0 Å².